The van der Waals surface area contributed by atoms with E-state index in [1.807, 2.05) is 0 Å². The fourth-order valence-corrected chi connectivity index (χ4v) is 0.970. The number of hydrogen-bond donors (Lipinski definition) is 1. The van der Waals surface area contributed by atoms with Crippen molar-refractivity contribution in [3.63, 3.8) is 0 Å². The average Bonchev–Trinajstić information content (AvgIpc) is 2.45. The molecular weight excluding hydrogens is 202 g/mol. The lowest BCUT2D eigenvalue weighted by Crippen LogP contribution is -2.47. The van der Waals surface area contributed by atoms with Crippen molar-refractivity contribution in [1.82, 2.24) is 14.5 Å². The zero-order valence-electron chi connectivity index (χ0n) is 8.67. The van der Waals surface area contributed by atoms with Crippen LogP contribution in [0.4, 0.5) is 5.69 Å². The van der Waals surface area contributed by atoms with E-state index in [0.717, 1.165) is 0 Å². The number of rotatable bonds is 3. The topological polar surface area (TPSA) is 104 Å². The SMILES string of the molecule is C[N+](C)(C)n1cc([N+](=O)[O-])c(C(N)=O)n1. The Kier molecular flexibility index (Phi) is 2.46. The number of amides is 1. The van der Waals surface area contributed by atoms with Gasteiger partial charge in [0.1, 0.15) is 0 Å². The van der Waals surface area contributed by atoms with Crippen molar-refractivity contribution in [3.8, 4) is 0 Å². The Morgan fingerprint density at radius 3 is 2.40 bits per heavy atom. The van der Waals surface area contributed by atoms with E-state index in [0.29, 0.717) is 0 Å². The minimum Gasteiger partial charge on any atom is -0.364 e. The molecule has 0 aliphatic heterocycles. The minimum absolute atomic E-state index is 0.202. The molecule has 15 heavy (non-hydrogen) atoms. The zero-order chi connectivity index (χ0) is 11.8. The molecule has 1 aromatic heterocycles. The van der Waals surface area contributed by atoms with Crippen molar-refractivity contribution < 1.29 is 9.72 Å². The van der Waals surface area contributed by atoms with E-state index in [1.54, 1.807) is 21.1 Å². The quantitative estimate of drug-likeness (QED) is 0.404. The van der Waals surface area contributed by atoms with Crippen LogP contribution in [-0.4, -0.2) is 41.9 Å². The first-order valence-electron chi connectivity index (χ1n) is 4.09. The molecule has 0 radical (unpaired) electrons. The summed E-state index contributed by atoms with van der Waals surface area (Å²) in [6.45, 7) is 0. The number of carbonyl (C=O) groups is 1. The minimum atomic E-state index is -0.908. The number of primary amides is 1. The van der Waals surface area contributed by atoms with Crippen molar-refractivity contribution in [2.75, 3.05) is 21.1 Å². The summed E-state index contributed by atoms with van der Waals surface area (Å²) in [5, 5.41) is 14.4. The van der Waals surface area contributed by atoms with Crippen LogP contribution in [0.15, 0.2) is 6.20 Å². The van der Waals surface area contributed by atoms with Gasteiger partial charge in [-0.05, 0) is 0 Å². The van der Waals surface area contributed by atoms with Gasteiger partial charge in [0.15, 0.2) is 6.20 Å². The summed E-state index contributed by atoms with van der Waals surface area (Å²) in [6.07, 6.45) is 1.18. The van der Waals surface area contributed by atoms with Gasteiger partial charge in [0.25, 0.3) is 5.91 Å². The van der Waals surface area contributed by atoms with Crippen LogP contribution in [0.3, 0.4) is 0 Å². The maximum Gasteiger partial charge on any atom is 0.325 e. The smallest absolute Gasteiger partial charge is 0.325 e. The molecule has 1 heterocycles. The summed E-state index contributed by atoms with van der Waals surface area (Å²) in [4.78, 5) is 22.1. The van der Waals surface area contributed by atoms with Gasteiger partial charge in [0.2, 0.25) is 5.69 Å². The molecule has 0 saturated carbocycles. The highest BCUT2D eigenvalue weighted by Gasteiger charge is 2.27. The predicted molar refractivity (Wildman–Crippen MR) is 52.7 cm³/mol. The zero-order valence-corrected chi connectivity index (χ0v) is 8.67. The normalized spacial score (nSPS) is 11.4. The maximum absolute atomic E-state index is 10.9. The highest BCUT2D eigenvalue weighted by Crippen LogP contribution is 2.16. The number of quaternary nitrogens is 1. The van der Waals surface area contributed by atoms with E-state index in [9.17, 15) is 14.9 Å². The average molecular weight is 214 g/mol. The third-order valence-electron chi connectivity index (χ3n) is 1.73. The van der Waals surface area contributed by atoms with Gasteiger partial charge in [-0.3, -0.25) is 14.9 Å². The highest BCUT2D eigenvalue weighted by molar-refractivity contribution is 5.94. The summed E-state index contributed by atoms with van der Waals surface area (Å²) < 4.78 is 0.202. The van der Waals surface area contributed by atoms with Crippen LogP contribution in [0, 0.1) is 10.1 Å². The van der Waals surface area contributed by atoms with E-state index < -0.39 is 10.8 Å². The number of nitro groups is 1. The van der Waals surface area contributed by atoms with Crippen molar-refractivity contribution in [2.24, 2.45) is 5.73 Å². The molecule has 82 valence electrons. The lowest BCUT2D eigenvalue weighted by atomic mass is 10.4. The second-order valence-electron chi connectivity index (χ2n) is 3.85. The molecule has 0 aromatic carbocycles. The molecule has 0 unspecified atom stereocenters. The summed E-state index contributed by atoms with van der Waals surface area (Å²) in [6, 6.07) is 0. The molecule has 2 N–H and O–H groups in total. The first kappa shape index (κ1) is 11.1. The molecule has 0 aliphatic rings. The Balaban J connectivity index is 3.34. The largest absolute Gasteiger partial charge is 0.364 e. The van der Waals surface area contributed by atoms with Gasteiger partial charge >= 0.3 is 5.69 Å². The van der Waals surface area contributed by atoms with E-state index in [4.69, 9.17) is 5.73 Å². The van der Waals surface area contributed by atoms with Gasteiger partial charge in [-0.2, -0.15) is 0 Å². The van der Waals surface area contributed by atoms with Crippen LogP contribution in [-0.2, 0) is 0 Å². The fraction of sp³-hybridized carbons (Fsp3) is 0.429. The molecule has 0 aliphatic carbocycles. The molecule has 0 saturated heterocycles. The van der Waals surface area contributed by atoms with E-state index >= 15 is 0 Å². The third kappa shape index (κ3) is 2.10. The Labute approximate surface area is 85.6 Å². The Bertz CT molecular complexity index is 385. The van der Waals surface area contributed by atoms with Gasteiger partial charge in [-0.25, -0.2) is 4.59 Å². The molecule has 0 spiro atoms. The van der Waals surface area contributed by atoms with Crippen LogP contribution >= 0.6 is 0 Å². The molecular formula is C7H12N5O3+. The van der Waals surface area contributed by atoms with Crippen LogP contribution < -0.4 is 10.3 Å². The monoisotopic (exact) mass is 214 g/mol. The Hall–Kier alpha value is -1.96. The molecule has 8 heteroatoms. The Morgan fingerprint density at radius 1 is 1.60 bits per heavy atom. The first-order valence-corrected chi connectivity index (χ1v) is 4.09. The number of nitrogens with zero attached hydrogens (tertiary/aromatic N) is 4. The molecule has 0 bridgehead atoms. The number of hydrogen-bond acceptors (Lipinski definition) is 4. The fourth-order valence-electron chi connectivity index (χ4n) is 0.970. The summed E-state index contributed by atoms with van der Waals surface area (Å²) in [5.41, 5.74) is 4.28. The molecule has 1 amide bonds. The number of carbonyl (C=O) groups excluding carboxylic acids is 1. The molecule has 1 aromatic rings. The highest BCUT2D eigenvalue weighted by atomic mass is 16.6. The van der Waals surface area contributed by atoms with Crippen LogP contribution in [0.1, 0.15) is 10.5 Å². The summed E-state index contributed by atoms with van der Waals surface area (Å²) in [5.74, 6) is -0.908. The molecule has 1 rings (SSSR count). The van der Waals surface area contributed by atoms with E-state index in [-0.39, 0.29) is 16.0 Å². The van der Waals surface area contributed by atoms with Crippen LogP contribution in [0.5, 0.6) is 0 Å². The first-order chi connectivity index (χ1) is 6.73. The molecule has 8 nitrogen and oxygen atoms in total. The maximum atomic E-state index is 10.9. The van der Waals surface area contributed by atoms with Gasteiger partial charge in [-0.15, -0.1) is 9.89 Å². The van der Waals surface area contributed by atoms with Crippen LogP contribution in [0.2, 0.25) is 0 Å². The summed E-state index contributed by atoms with van der Waals surface area (Å²) in [7, 11) is 5.25. The second-order valence-corrected chi connectivity index (χ2v) is 3.85. The number of aromatic nitrogens is 2. The van der Waals surface area contributed by atoms with Crippen molar-refractivity contribution in [3.05, 3.63) is 22.0 Å². The lowest BCUT2D eigenvalue weighted by Gasteiger charge is -2.21. The molecule has 0 fully saturated rings. The van der Waals surface area contributed by atoms with Gasteiger partial charge in [0, 0.05) is 0 Å². The second kappa shape index (κ2) is 3.31. The standard InChI is InChI=1S/C7H11N5O3/c1-12(2,3)10-4-5(11(14)15)6(9-10)7(8)13/h4H,1-3H3,(H-,8,13)/p+1. The van der Waals surface area contributed by atoms with Crippen molar-refractivity contribution in [2.45, 2.75) is 0 Å². The Morgan fingerprint density at radius 2 is 2.13 bits per heavy atom. The van der Waals surface area contributed by atoms with Crippen LogP contribution in [0.25, 0.3) is 0 Å². The van der Waals surface area contributed by atoms with E-state index in [1.165, 1.54) is 11.0 Å². The van der Waals surface area contributed by atoms with Gasteiger partial charge in [-0.1, -0.05) is 0 Å². The lowest BCUT2D eigenvalue weighted by molar-refractivity contribution is -0.385. The van der Waals surface area contributed by atoms with Crippen molar-refractivity contribution in [1.29, 1.82) is 0 Å². The third-order valence-corrected chi connectivity index (χ3v) is 1.73. The summed E-state index contributed by atoms with van der Waals surface area (Å²) >= 11 is 0. The van der Waals surface area contributed by atoms with Gasteiger partial charge < -0.3 is 5.73 Å². The molecule has 0 atom stereocenters. The number of nitrogens with two attached hydrogens (primary N) is 1. The predicted octanol–water partition coefficient (Wildman–Crippen LogP) is -0.782. The van der Waals surface area contributed by atoms with Crippen molar-refractivity contribution >= 4 is 11.6 Å². The van der Waals surface area contributed by atoms with E-state index in [2.05, 4.69) is 5.10 Å². The van der Waals surface area contributed by atoms with Gasteiger partial charge in [0.05, 0.1) is 26.1 Å².